The molecule has 0 unspecified atom stereocenters. The van der Waals surface area contributed by atoms with E-state index in [1.807, 2.05) is 12.1 Å². The first kappa shape index (κ1) is 13.9. The van der Waals surface area contributed by atoms with E-state index in [0.29, 0.717) is 0 Å². The summed E-state index contributed by atoms with van der Waals surface area (Å²) in [6.45, 7) is 2.18. The highest BCUT2D eigenvalue weighted by Gasteiger charge is 2.15. The Balaban J connectivity index is 2.21. The highest BCUT2D eigenvalue weighted by molar-refractivity contribution is 6.15. The number of rotatable bonds is 1. The lowest BCUT2D eigenvalue weighted by Crippen LogP contribution is -1.96. The average Bonchev–Trinajstić information content (AvgIpc) is 2.56. The average molecular weight is 300 g/mol. The number of benzene rings is 3. The Hall–Kier alpha value is -2.74. The fourth-order valence-corrected chi connectivity index (χ4v) is 3.62. The lowest BCUT2D eigenvalue weighted by Gasteiger charge is -2.18. The number of aryl methyl sites for hydroxylation is 1. The van der Waals surface area contributed by atoms with Gasteiger partial charge in [-0.15, -0.1) is 0 Å². The molecule has 2 heteroatoms. The molecular formula is C21H20N2. The van der Waals surface area contributed by atoms with Gasteiger partial charge in [-0.3, -0.25) is 0 Å². The zero-order valence-electron chi connectivity index (χ0n) is 13.3. The first-order valence-corrected chi connectivity index (χ1v) is 8.03. The molecule has 0 saturated heterocycles. The van der Waals surface area contributed by atoms with Crippen LogP contribution in [0, 0.1) is 6.92 Å². The van der Waals surface area contributed by atoms with Crippen molar-refractivity contribution in [3.8, 4) is 0 Å². The van der Waals surface area contributed by atoms with E-state index in [2.05, 4.69) is 49.4 Å². The van der Waals surface area contributed by atoms with Crippen LogP contribution in [0.5, 0.6) is 0 Å². The molecule has 3 aromatic rings. The van der Waals surface area contributed by atoms with Crippen LogP contribution in [-0.4, -0.2) is 0 Å². The topological polar surface area (TPSA) is 52.0 Å². The van der Waals surface area contributed by atoms with E-state index in [1.165, 1.54) is 38.2 Å². The van der Waals surface area contributed by atoms with E-state index in [4.69, 9.17) is 11.5 Å². The number of anilines is 2. The zero-order chi connectivity index (χ0) is 16.0. The van der Waals surface area contributed by atoms with Crippen molar-refractivity contribution >= 4 is 38.5 Å². The minimum atomic E-state index is 0.799. The molecule has 2 nitrogen and oxygen atoms in total. The maximum absolute atomic E-state index is 6.08. The van der Waals surface area contributed by atoms with Crippen molar-refractivity contribution in [3.63, 3.8) is 0 Å². The van der Waals surface area contributed by atoms with Crippen molar-refractivity contribution < 1.29 is 0 Å². The summed E-state index contributed by atoms with van der Waals surface area (Å²) in [5.41, 5.74) is 17.6. The van der Waals surface area contributed by atoms with Crippen molar-refractivity contribution in [1.82, 2.24) is 0 Å². The third-order valence-corrected chi connectivity index (χ3v) is 4.71. The predicted octanol–water partition coefficient (Wildman–Crippen LogP) is 5.20. The second-order valence-electron chi connectivity index (χ2n) is 6.25. The molecule has 4 rings (SSSR count). The molecule has 0 aromatic heterocycles. The number of allylic oxidation sites excluding steroid dienone is 4. The monoisotopic (exact) mass is 300 g/mol. The van der Waals surface area contributed by atoms with E-state index in [0.717, 1.165) is 24.2 Å². The summed E-state index contributed by atoms with van der Waals surface area (Å²) >= 11 is 0. The van der Waals surface area contributed by atoms with E-state index in [1.54, 1.807) is 0 Å². The maximum Gasteiger partial charge on any atom is 0.0320 e. The first-order valence-electron chi connectivity index (χ1n) is 8.03. The van der Waals surface area contributed by atoms with E-state index < -0.39 is 0 Å². The normalized spacial score (nSPS) is 14.4. The molecule has 0 aliphatic heterocycles. The largest absolute Gasteiger partial charge is 0.399 e. The predicted molar refractivity (Wildman–Crippen MR) is 101 cm³/mol. The second-order valence-corrected chi connectivity index (χ2v) is 6.25. The van der Waals surface area contributed by atoms with Gasteiger partial charge in [-0.25, -0.2) is 0 Å². The van der Waals surface area contributed by atoms with E-state index >= 15 is 0 Å². The first-order chi connectivity index (χ1) is 11.1. The Labute approximate surface area is 136 Å². The van der Waals surface area contributed by atoms with Gasteiger partial charge in [0.25, 0.3) is 0 Å². The quantitative estimate of drug-likeness (QED) is 0.479. The van der Waals surface area contributed by atoms with Crippen molar-refractivity contribution in [2.75, 3.05) is 11.5 Å². The van der Waals surface area contributed by atoms with Gasteiger partial charge in [0.15, 0.2) is 0 Å². The minimum Gasteiger partial charge on any atom is -0.399 e. The molecule has 0 saturated carbocycles. The van der Waals surface area contributed by atoms with Crippen LogP contribution in [-0.2, 0) is 0 Å². The third kappa shape index (κ3) is 2.18. The molecule has 0 spiro atoms. The van der Waals surface area contributed by atoms with Crippen LogP contribution in [0.25, 0.3) is 27.1 Å². The molecule has 0 atom stereocenters. The Morgan fingerprint density at radius 3 is 2.09 bits per heavy atom. The summed E-state index contributed by atoms with van der Waals surface area (Å²) in [6.07, 6.45) is 9.00. The number of hydrogen-bond donors (Lipinski definition) is 2. The Bertz CT molecular complexity index is 994. The Morgan fingerprint density at radius 1 is 0.783 bits per heavy atom. The van der Waals surface area contributed by atoms with Crippen LogP contribution in [0.4, 0.5) is 11.4 Å². The highest BCUT2D eigenvalue weighted by Crippen LogP contribution is 2.39. The number of fused-ring (bicyclic) bond motifs is 3. The molecular weight excluding hydrogens is 280 g/mol. The summed E-state index contributed by atoms with van der Waals surface area (Å²) in [5.74, 6) is 0. The molecule has 3 aromatic carbocycles. The van der Waals surface area contributed by atoms with Crippen molar-refractivity contribution in [3.05, 3.63) is 65.8 Å². The second kappa shape index (κ2) is 5.17. The standard InChI is InChI=1S/C21H20N2/c1-13-19-11-15(22)7-9-17(19)18-10-8-16(23)12-20(18)21(13)14-5-3-2-4-6-14/h3,5-12H,2,4,22-23H2,1H3. The zero-order valence-corrected chi connectivity index (χ0v) is 13.3. The van der Waals surface area contributed by atoms with Crippen molar-refractivity contribution in [2.45, 2.75) is 19.8 Å². The van der Waals surface area contributed by atoms with Gasteiger partial charge >= 0.3 is 0 Å². The summed E-state index contributed by atoms with van der Waals surface area (Å²) < 4.78 is 0. The molecule has 0 heterocycles. The van der Waals surface area contributed by atoms with Crippen LogP contribution < -0.4 is 11.5 Å². The lowest BCUT2D eigenvalue weighted by molar-refractivity contribution is 1.04. The van der Waals surface area contributed by atoms with Crippen LogP contribution in [0.2, 0.25) is 0 Å². The third-order valence-electron chi connectivity index (χ3n) is 4.71. The van der Waals surface area contributed by atoms with Gasteiger partial charge in [-0.05, 0) is 82.3 Å². The molecule has 1 aliphatic carbocycles. The molecule has 0 bridgehead atoms. The van der Waals surface area contributed by atoms with E-state index in [9.17, 15) is 0 Å². The Morgan fingerprint density at radius 2 is 1.43 bits per heavy atom. The Kier molecular flexibility index (Phi) is 3.12. The molecule has 4 N–H and O–H groups in total. The molecule has 0 amide bonds. The number of nitrogen functional groups attached to an aromatic ring is 2. The smallest absolute Gasteiger partial charge is 0.0320 e. The highest BCUT2D eigenvalue weighted by atomic mass is 14.5. The SMILES string of the molecule is Cc1c(C2=CCCC=C2)c2cc(N)ccc2c2ccc(N)cc12. The van der Waals surface area contributed by atoms with Gasteiger partial charge in [0.05, 0.1) is 0 Å². The molecule has 23 heavy (non-hydrogen) atoms. The van der Waals surface area contributed by atoms with Crippen LogP contribution in [0.15, 0.2) is 54.6 Å². The van der Waals surface area contributed by atoms with Crippen molar-refractivity contribution in [2.24, 2.45) is 0 Å². The minimum absolute atomic E-state index is 0.799. The molecule has 114 valence electrons. The summed E-state index contributed by atoms with van der Waals surface area (Å²) in [5, 5.41) is 4.90. The van der Waals surface area contributed by atoms with Gasteiger partial charge in [0.1, 0.15) is 0 Å². The summed E-state index contributed by atoms with van der Waals surface area (Å²) in [6, 6.07) is 12.4. The van der Waals surface area contributed by atoms with Gasteiger partial charge in [-0.2, -0.15) is 0 Å². The number of nitrogens with two attached hydrogens (primary N) is 2. The fraction of sp³-hybridized carbons (Fsp3) is 0.143. The summed E-state index contributed by atoms with van der Waals surface area (Å²) in [7, 11) is 0. The van der Waals surface area contributed by atoms with E-state index in [-0.39, 0.29) is 0 Å². The molecule has 0 radical (unpaired) electrons. The van der Waals surface area contributed by atoms with Crippen LogP contribution in [0.3, 0.4) is 0 Å². The lowest BCUT2D eigenvalue weighted by atomic mass is 9.86. The number of hydrogen-bond acceptors (Lipinski definition) is 2. The van der Waals surface area contributed by atoms with Gasteiger partial charge in [0, 0.05) is 11.4 Å². The molecule has 1 aliphatic rings. The van der Waals surface area contributed by atoms with Gasteiger partial charge in [-0.1, -0.05) is 30.4 Å². The van der Waals surface area contributed by atoms with Crippen molar-refractivity contribution in [1.29, 1.82) is 0 Å². The van der Waals surface area contributed by atoms with Crippen LogP contribution in [0.1, 0.15) is 24.0 Å². The summed E-state index contributed by atoms with van der Waals surface area (Å²) in [4.78, 5) is 0. The van der Waals surface area contributed by atoms with Gasteiger partial charge in [0.2, 0.25) is 0 Å². The van der Waals surface area contributed by atoms with Gasteiger partial charge < -0.3 is 11.5 Å². The maximum atomic E-state index is 6.08. The fourth-order valence-electron chi connectivity index (χ4n) is 3.62. The van der Waals surface area contributed by atoms with Crippen LogP contribution >= 0.6 is 0 Å². The molecule has 0 fully saturated rings.